The number of rotatable bonds is 2. The molecule has 4 aromatic rings. The van der Waals surface area contributed by atoms with Gasteiger partial charge in [0.25, 0.3) is 0 Å². The Bertz CT molecular complexity index is 1310. The number of carbonyl (C=O) groups is 1. The van der Waals surface area contributed by atoms with E-state index in [0.717, 1.165) is 28.1 Å². The molecule has 0 radical (unpaired) electrons. The summed E-state index contributed by atoms with van der Waals surface area (Å²) in [6.07, 6.45) is 2.04. The van der Waals surface area contributed by atoms with Crippen LogP contribution in [0.4, 0.5) is 14.9 Å². The highest BCUT2D eigenvalue weighted by molar-refractivity contribution is 5.90. The monoisotopic (exact) mass is 425 g/mol. The summed E-state index contributed by atoms with van der Waals surface area (Å²) in [6, 6.07) is 24.5. The molecule has 0 saturated carbocycles. The van der Waals surface area contributed by atoms with Crippen molar-refractivity contribution in [1.29, 1.82) is 0 Å². The predicted molar refractivity (Wildman–Crippen MR) is 124 cm³/mol. The van der Waals surface area contributed by atoms with Gasteiger partial charge in [-0.05, 0) is 66.4 Å². The van der Waals surface area contributed by atoms with E-state index in [1.165, 1.54) is 6.07 Å². The maximum Gasteiger partial charge on any atom is 0.322 e. The summed E-state index contributed by atoms with van der Waals surface area (Å²) in [4.78, 5) is 15.5. The van der Waals surface area contributed by atoms with Gasteiger partial charge in [0.1, 0.15) is 11.9 Å². The fourth-order valence-electron chi connectivity index (χ4n) is 4.43. The van der Waals surface area contributed by atoms with Gasteiger partial charge in [-0.3, -0.25) is 0 Å². The zero-order valence-electron chi connectivity index (χ0n) is 18.0. The Kier molecular flexibility index (Phi) is 5.02. The molecule has 2 heterocycles. The van der Waals surface area contributed by atoms with Gasteiger partial charge in [-0.15, -0.1) is 0 Å². The maximum atomic E-state index is 14.1. The molecule has 1 aliphatic heterocycles. The molecule has 32 heavy (non-hydrogen) atoms. The van der Waals surface area contributed by atoms with Gasteiger partial charge in [0.15, 0.2) is 0 Å². The highest BCUT2D eigenvalue weighted by Crippen LogP contribution is 2.38. The van der Waals surface area contributed by atoms with Crippen molar-refractivity contribution in [2.75, 3.05) is 5.32 Å². The first-order valence-corrected chi connectivity index (χ1v) is 10.7. The average molecular weight is 426 g/mol. The van der Waals surface area contributed by atoms with E-state index in [1.54, 1.807) is 19.1 Å². The van der Waals surface area contributed by atoms with E-state index in [1.807, 2.05) is 47.5 Å². The molecule has 160 valence electrons. The second-order valence-electron chi connectivity index (χ2n) is 8.21. The Balaban J connectivity index is 1.64. The van der Waals surface area contributed by atoms with Gasteiger partial charge in [0.2, 0.25) is 0 Å². The average Bonchev–Trinajstić information content (AvgIpc) is 3.21. The number of aromatic nitrogens is 1. The lowest BCUT2D eigenvalue weighted by atomic mass is 9.97. The number of halogens is 1. The van der Waals surface area contributed by atoms with Gasteiger partial charge in [0, 0.05) is 17.6 Å². The molecule has 5 heteroatoms. The first kappa shape index (κ1) is 20.1. The second-order valence-corrected chi connectivity index (χ2v) is 8.21. The summed E-state index contributed by atoms with van der Waals surface area (Å²) >= 11 is 0. The van der Waals surface area contributed by atoms with Crippen molar-refractivity contribution in [3.8, 4) is 5.69 Å². The Morgan fingerprint density at radius 1 is 0.938 bits per heavy atom. The highest BCUT2D eigenvalue weighted by atomic mass is 19.1. The minimum Gasteiger partial charge on any atom is -0.318 e. The first-order valence-electron chi connectivity index (χ1n) is 10.7. The van der Waals surface area contributed by atoms with Gasteiger partial charge in [0.05, 0.1) is 12.2 Å². The van der Waals surface area contributed by atoms with Crippen molar-refractivity contribution in [1.82, 2.24) is 9.47 Å². The largest absolute Gasteiger partial charge is 0.322 e. The van der Waals surface area contributed by atoms with Crippen LogP contribution in [0.5, 0.6) is 0 Å². The minimum atomic E-state index is -0.339. The quantitative estimate of drug-likeness (QED) is 0.398. The molecule has 0 aliphatic carbocycles. The number of urea groups is 1. The van der Waals surface area contributed by atoms with Gasteiger partial charge < -0.3 is 14.8 Å². The van der Waals surface area contributed by atoms with Crippen molar-refractivity contribution in [2.24, 2.45) is 0 Å². The van der Waals surface area contributed by atoms with Crippen LogP contribution in [0.25, 0.3) is 5.69 Å². The van der Waals surface area contributed by atoms with E-state index >= 15 is 0 Å². The fraction of sp³-hybridized carbons (Fsp3) is 0.148. The van der Waals surface area contributed by atoms with E-state index < -0.39 is 0 Å². The zero-order valence-corrected chi connectivity index (χ0v) is 18.0. The van der Waals surface area contributed by atoms with Crippen LogP contribution in [0, 0.1) is 19.7 Å². The van der Waals surface area contributed by atoms with Crippen LogP contribution in [0.15, 0.2) is 85.1 Å². The molecule has 5 rings (SSSR count). The number of benzene rings is 3. The van der Waals surface area contributed by atoms with Crippen LogP contribution in [-0.4, -0.2) is 15.5 Å². The van der Waals surface area contributed by atoms with Gasteiger partial charge in [-0.25, -0.2) is 9.18 Å². The number of hydrogen-bond acceptors (Lipinski definition) is 1. The number of hydrogen-bond donors (Lipinski definition) is 1. The maximum absolute atomic E-state index is 14.1. The van der Waals surface area contributed by atoms with Crippen molar-refractivity contribution in [3.05, 3.63) is 119 Å². The number of nitrogens with one attached hydrogen (secondary N) is 1. The zero-order chi connectivity index (χ0) is 22.2. The smallest absolute Gasteiger partial charge is 0.318 e. The summed E-state index contributed by atoms with van der Waals surface area (Å²) in [5, 5.41) is 2.92. The topological polar surface area (TPSA) is 37.3 Å². The summed E-state index contributed by atoms with van der Waals surface area (Å²) < 4.78 is 16.3. The Morgan fingerprint density at radius 2 is 1.72 bits per heavy atom. The van der Waals surface area contributed by atoms with Crippen LogP contribution in [-0.2, 0) is 6.54 Å². The summed E-state index contributed by atoms with van der Waals surface area (Å²) in [5.74, 6) is -0.339. The normalized spacial score (nSPS) is 15.0. The van der Waals surface area contributed by atoms with Gasteiger partial charge in [-0.2, -0.15) is 0 Å². The Morgan fingerprint density at radius 3 is 2.53 bits per heavy atom. The number of fused-ring (bicyclic) bond motifs is 3. The number of para-hydroxylation sites is 1. The van der Waals surface area contributed by atoms with Gasteiger partial charge >= 0.3 is 6.03 Å². The third kappa shape index (κ3) is 3.46. The molecule has 0 unspecified atom stereocenters. The standard InChI is InChI=1S/C27H24FN3O/c1-18-8-3-5-10-22(18)26-25-12-7-15-30(25)24-11-6-4-9-20(24)17-31(26)27(32)29-21-14-13-19(2)23(28)16-21/h3-16,26H,17H2,1-2H3,(H,29,32)/t26-/m1/s1. The number of anilines is 1. The molecule has 1 N–H and O–H groups in total. The molecule has 1 aromatic heterocycles. The SMILES string of the molecule is Cc1ccc(NC(=O)N2Cc3ccccc3-n3cccc3[C@H]2c2ccccc2C)cc1F. The lowest BCUT2D eigenvalue weighted by molar-refractivity contribution is 0.194. The molecule has 0 saturated heterocycles. The molecule has 1 atom stereocenters. The van der Waals surface area contributed by atoms with Crippen molar-refractivity contribution in [2.45, 2.75) is 26.4 Å². The first-order chi connectivity index (χ1) is 15.5. The molecular formula is C27H24FN3O. The van der Waals surface area contributed by atoms with E-state index in [2.05, 4.69) is 41.1 Å². The van der Waals surface area contributed by atoms with Crippen LogP contribution < -0.4 is 5.32 Å². The van der Waals surface area contributed by atoms with E-state index in [4.69, 9.17) is 0 Å². The lowest BCUT2D eigenvalue weighted by Crippen LogP contribution is -2.38. The molecule has 0 fully saturated rings. The van der Waals surface area contributed by atoms with Crippen LogP contribution in [0.1, 0.15) is 34.0 Å². The van der Waals surface area contributed by atoms with Gasteiger partial charge in [-0.1, -0.05) is 48.5 Å². The number of amides is 2. The Hall–Kier alpha value is -3.86. The Labute approximate surface area is 186 Å². The molecule has 3 aromatic carbocycles. The predicted octanol–water partition coefficient (Wildman–Crippen LogP) is 6.37. The van der Waals surface area contributed by atoms with Crippen LogP contribution >= 0.6 is 0 Å². The summed E-state index contributed by atoms with van der Waals surface area (Å²) in [6.45, 7) is 4.19. The molecule has 1 aliphatic rings. The molecule has 0 bridgehead atoms. The number of nitrogens with zero attached hydrogens (tertiary/aromatic N) is 2. The van der Waals surface area contributed by atoms with E-state index in [0.29, 0.717) is 17.8 Å². The van der Waals surface area contributed by atoms with Crippen molar-refractivity contribution < 1.29 is 9.18 Å². The fourth-order valence-corrected chi connectivity index (χ4v) is 4.43. The summed E-state index contributed by atoms with van der Waals surface area (Å²) in [7, 11) is 0. The summed E-state index contributed by atoms with van der Waals surface area (Å²) in [5.41, 5.74) is 6.27. The highest BCUT2D eigenvalue weighted by Gasteiger charge is 2.33. The van der Waals surface area contributed by atoms with E-state index in [-0.39, 0.29) is 17.9 Å². The van der Waals surface area contributed by atoms with Crippen molar-refractivity contribution >= 4 is 11.7 Å². The van der Waals surface area contributed by atoms with Crippen molar-refractivity contribution in [3.63, 3.8) is 0 Å². The van der Waals surface area contributed by atoms with Crippen LogP contribution in [0.2, 0.25) is 0 Å². The molecule has 4 nitrogen and oxygen atoms in total. The number of carbonyl (C=O) groups excluding carboxylic acids is 1. The molecule has 2 amide bonds. The minimum absolute atomic E-state index is 0.272. The number of aryl methyl sites for hydroxylation is 2. The van der Waals surface area contributed by atoms with E-state index in [9.17, 15) is 9.18 Å². The third-order valence-corrected chi connectivity index (χ3v) is 6.13. The third-order valence-electron chi connectivity index (χ3n) is 6.13. The molecule has 0 spiro atoms. The van der Waals surface area contributed by atoms with Crippen LogP contribution in [0.3, 0.4) is 0 Å². The molecular weight excluding hydrogens is 401 g/mol. The second kappa shape index (κ2) is 8.00. The lowest BCUT2D eigenvalue weighted by Gasteiger charge is -2.32.